The second-order valence-corrected chi connectivity index (χ2v) is 7.78. The Bertz CT molecular complexity index is 1440. The molecule has 1 heterocycles. The molecule has 184 valence electrons. The quantitative estimate of drug-likeness (QED) is 0.271. The highest BCUT2D eigenvalue weighted by atomic mass is 16.5. The number of benzene rings is 3. The monoisotopic (exact) mass is 486 g/mol. The molecule has 0 bridgehead atoms. The zero-order valence-corrected chi connectivity index (χ0v) is 20.4. The number of nitrogens with zero attached hydrogens (tertiary/aromatic N) is 1. The molecule has 0 amide bonds. The third kappa shape index (κ3) is 5.02. The lowest BCUT2D eigenvalue weighted by atomic mass is 10.1. The molecule has 1 N–H and O–H groups in total. The summed E-state index contributed by atoms with van der Waals surface area (Å²) in [6.07, 6.45) is 4.84. The van der Waals surface area contributed by atoms with E-state index in [4.69, 9.17) is 18.9 Å². The standard InChI is InChI=1S/C28H26N2O6/c1-33-22-11-9-19(10-12-22)23-17-30(28(32)29-23)21-7-5-6-20(16-21)24(31)13-8-18-14-25(34-2)27(36-4)26(15-18)35-3/h5-17H,1-4H3,(H,29,32)/b13-8+. The van der Waals surface area contributed by atoms with Crippen LogP contribution in [-0.2, 0) is 0 Å². The Kier molecular flexibility index (Phi) is 7.25. The van der Waals surface area contributed by atoms with Crippen LogP contribution >= 0.6 is 0 Å². The van der Waals surface area contributed by atoms with Gasteiger partial charge in [0.2, 0.25) is 5.75 Å². The number of hydrogen-bond acceptors (Lipinski definition) is 6. The zero-order chi connectivity index (χ0) is 25.7. The van der Waals surface area contributed by atoms with Crippen LogP contribution in [0.15, 0.2) is 77.7 Å². The Labute approximate surface area is 208 Å². The number of allylic oxidation sites excluding steroid dienone is 1. The first-order valence-electron chi connectivity index (χ1n) is 11.1. The van der Waals surface area contributed by atoms with Crippen molar-refractivity contribution in [3.05, 3.63) is 94.5 Å². The molecule has 4 aromatic rings. The maximum atomic E-state index is 12.9. The summed E-state index contributed by atoms with van der Waals surface area (Å²) >= 11 is 0. The van der Waals surface area contributed by atoms with Gasteiger partial charge in [0.15, 0.2) is 17.3 Å². The minimum atomic E-state index is -0.307. The number of H-pyrrole nitrogens is 1. The molecule has 0 radical (unpaired) electrons. The van der Waals surface area contributed by atoms with Crippen molar-refractivity contribution in [2.75, 3.05) is 28.4 Å². The van der Waals surface area contributed by atoms with Gasteiger partial charge in [0.05, 0.1) is 39.8 Å². The van der Waals surface area contributed by atoms with Gasteiger partial charge in [0.1, 0.15) is 5.75 Å². The van der Waals surface area contributed by atoms with E-state index in [1.165, 1.54) is 32.0 Å². The number of carbonyl (C=O) groups is 1. The number of ketones is 1. The number of carbonyl (C=O) groups excluding carboxylic acids is 1. The van der Waals surface area contributed by atoms with Crippen molar-refractivity contribution < 1.29 is 23.7 Å². The molecule has 0 saturated heterocycles. The van der Waals surface area contributed by atoms with Crippen LogP contribution in [0.3, 0.4) is 0 Å². The highest BCUT2D eigenvalue weighted by Gasteiger charge is 2.13. The van der Waals surface area contributed by atoms with Crippen molar-refractivity contribution in [1.82, 2.24) is 9.55 Å². The first-order chi connectivity index (χ1) is 17.5. The van der Waals surface area contributed by atoms with E-state index in [9.17, 15) is 9.59 Å². The summed E-state index contributed by atoms with van der Waals surface area (Å²) in [4.78, 5) is 28.4. The molecule has 0 saturated carbocycles. The molecule has 0 spiro atoms. The molecule has 3 aromatic carbocycles. The number of imidazole rings is 1. The lowest BCUT2D eigenvalue weighted by molar-refractivity contribution is 0.104. The molecule has 0 unspecified atom stereocenters. The van der Waals surface area contributed by atoms with Gasteiger partial charge in [-0.3, -0.25) is 9.36 Å². The predicted octanol–water partition coefficient (Wildman–Crippen LogP) is 4.76. The fraction of sp³-hybridized carbons (Fsp3) is 0.143. The lowest BCUT2D eigenvalue weighted by Crippen LogP contribution is -2.14. The number of rotatable bonds is 9. The fourth-order valence-corrected chi connectivity index (χ4v) is 3.78. The topological polar surface area (TPSA) is 91.8 Å². The van der Waals surface area contributed by atoms with Gasteiger partial charge in [-0.05, 0) is 65.7 Å². The largest absolute Gasteiger partial charge is 0.497 e. The van der Waals surface area contributed by atoms with Gasteiger partial charge in [-0.15, -0.1) is 0 Å². The van der Waals surface area contributed by atoms with Crippen molar-refractivity contribution in [3.63, 3.8) is 0 Å². The second kappa shape index (κ2) is 10.7. The number of methoxy groups -OCH3 is 4. The highest BCUT2D eigenvalue weighted by molar-refractivity contribution is 6.07. The normalized spacial score (nSPS) is 10.9. The molecule has 4 rings (SSSR count). The smallest absolute Gasteiger partial charge is 0.330 e. The summed E-state index contributed by atoms with van der Waals surface area (Å²) in [5, 5.41) is 0. The van der Waals surface area contributed by atoms with E-state index in [0.29, 0.717) is 39.8 Å². The van der Waals surface area contributed by atoms with Crippen LogP contribution in [0.25, 0.3) is 23.0 Å². The summed E-state index contributed by atoms with van der Waals surface area (Å²) in [6, 6.07) is 17.8. The van der Waals surface area contributed by atoms with E-state index >= 15 is 0 Å². The van der Waals surface area contributed by atoms with Crippen LogP contribution in [0.5, 0.6) is 23.0 Å². The van der Waals surface area contributed by atoms with Gasteiger partial charge in [-0.2, -0.15) is 0 Å². The van der Waals surface area contributed by atoms with Crippen LogP contribution < -0.4 is 24.6 Å². The van der Waals surface area contributed by atoms with Crippen molar-refractivity contribution in [2.24, 2.45) is 0 Å². The Morgan fingerprint density at radius 3 is 2.17 bits per heavy atom. The van der Waals surface area contributed by atoms with E-state index in [1.54, 1.807) is 55.8 Å². The number of aromatic nitrogens is 2. The number of nitrogens with one attached hydrogen (secondary N) is 1. The average molecular weight is 487 g/mol. The number of aromatic amines is 1. The Morgan fingerprint density at radius 1 is 0.861 bits per heavy atom. The van der Waals surface area contributed by atoms with E-state index in [2.05, 4.69) is 4.98 Å². The molecule has 0 aliphatic carbocycles. The van der Waals surface area contributed by atoms with E-state index in [1.807, 2.05) is 24.3 Å². The van der Waals surface area contributed by atoms with Crippen LogP contribution in [-0.4, -0.2) is 43.8 Å². The minimum Gasteiger partial charge on any atom is -0.497 e. The fourth-order valence-electron chi connectivity index (χ4n) is 3.78. The number of ether oxygens (including phenoxy) is 4. The van der Waals surface area contributed by atoms with Gasteiger partial charge in [0.25, 0.3) is 0 Å². The van der Waals surface area contributed by atoms with Crippen molar-refractivity contribution in [2.45, 2.75) is 0 Å². The molecule has 0 fully saturated rings. The molecule has 0 aliphatic heterocycles. The summed E-state index contributed by atoms with van der Waals surface area (Å²) in [5.41, 5.74) is 2.91. The molecular weight excluding hydrogens is 460 g/mol. The maximum absolute atomic E-state index is 12.9. The lowest BCUT2D eigenvalue weighted by Gasteiger charge is -2.12. The molecule has 1 aromatic heterocycles. The Balaban J connectivity index is 1.59. The van der Waals surface area contributed by atoms with Gasteiger partial charge >= 0.3 is 5.69 Å². The third-order valence-corrected chi connectivity index (χ3v) is 5.64. The maximum Gasteiger partial charge on any atom is 0.330 e. The summed E-state index contributed by atoms with van der Waals surface area (Å²) in [6.45, 7) is 0. The first kappa shape index (κ1) is 24.4. The van der Waals surface area contributed by atoms with Gasteiger partial charge < -0.3 is 23.9 Å². The first-order valence-corrected chi connectivity index (χ1v) is 11.1. The average Bonchev–Trinajstić information content (AvgIpc) is 3.32. The molecule has 0 aliphatic rings. The van der Waals surface area contributed by atoms with Crippen LogP contribution in [0.1, 0.15) is 15.9 Å². The summed E-state index contributed by atoms with van der Waals surface area (Å²) in [5.74, 6) is 1.97. The molecule has 0 atom stereocenters. The highest BCUT2D eigenvalue weighted by Crippen LogP contribution is 2.38. The summed E-state index contributed by atoms with van der Waals surface area (Å²) in [7, 11) is 6.19. The number of hydrogen-bond donors (Lipinski definition) is 1. The van der Waals surface area contributed by atoms with Crippen molar-refractivity contribution >= 4 is 11.9 Å². The SMILES string of the molecule is COc1ccc(-c2cn(-c3cccc(C(=O)/C=C/c4cc(OC)c(OC)c(OC)c4)c3)c(=O)[nH]2)cc1. The molecule has 36 heavy (non-hydrogen) atoms. The van der Waals surface area contributed by atoms with E-state index in [0.717, 1.165) is 11.3 Å². The van der Waals surface area contributed by atoms with E-state index < -0.39 is 0 Å². The third-order valence-electron chi connectivity index (χ3n) is 5.64. The predicted molar refractivity (Wildman–Crippen MR) is 138 cm³/mol. The van der Waals surface area contributed by atoms with Gasteiger partial charge in [-0.1, -0.05) is 18.2 Å². The Hall–Kier alpha value is -4.72. The van der Waals surface area contributed by atoms with E-state index in [-0.39, 0.29) is 11.5 Å². The van der Waals surface area contributed by atoms with Crippen molar-refractivity contribution in [3.8, 4) is 39.9 Å². The van der Waals surface area contributed by atoms with Gasteiger partial charge in [-0.25, -0.2) is 4.79 Å². The zero-order valence-electron chi connectivity index (χ0n) is 20.4. The van der Waals surface area contributed by atoms with Crippen LogP contribution in [0.2, 0.25) is 0 Å². The second-order valence-electron chi connectivity index (χ2n) is 7.78. The molecule has 8 heteroatoms. The molecular formula is C28H26N2O6. The molecule has 8 nitrogen and oxygen atoms in total. The minimum absolute atomic E-state index is 0.218. The van der Waals surface area contributed by atoms with Gasteiger partial charge in [0, 0.05) is 11.8 Å². The summed E-state index contributed by atoms with van der Waals surface area (Å²) < 4.78 is 22.7. The van der Waals surface area contributed by atoms with Crippen LogP contribution in [0, 0.1) is 0 Å². The van der Waals surface area contributed by atoms with Crippen molar-refractivity contribution in [1.29, 1.82) is 0 Å². The van der Waals surface area contributed by atoms with Crippen LogP contribution in [0.4, 0.5) is 0 Å². The Morgan fingerprint density at radius 2 is 1.56 bits per heavy atom.